The van der Waals surface area contributed by atoms with Crippen molar-refractivity contribution in [3.63, 3.8) is 0 Å². The van der Waals surface area contributed by atoms with Gasteiger partial charge in [-0.1, -0.05) is 20.8 Å². The maximum atomic E-state index is 13.4. The maximum Gasteiger partial charge on any atom is 0.264 e. The molecule has 0 aromatic carbocycles. The van der Waals surface area contributed by atoms with Crippen molar-refractivity contribution in [3.8, 4) is 0 Å². The fourth-order valence-electron chi connectivity index (χ4n) is 5.42. The molecule has 2 unspecified atom stereocenters. The molecule has 2 atom stereocenters. The Kier molecular flexibility index (Phi) is 3.85. The smallest absolute Gasteiger partial charge is 0.264 e. The number of aromatic nitrogens is 2. The maximum absolute atomic E-state index is 13.4. The zero-order chi connectivity index (χ0) is 18.9. The summed E-state index contributed by atoms with van der Waals surface area (Å²) in [6.07, 6.45) is 4.89. The quantitative estimate of drug-likeness (QED) is 0.804. The molecule has 26 heavy (non-hydrogen) atoms. The molecule has 2 aromatic rings. The first-order valence-electron chi connectivity index (χ1n) is 9.44. The van der Waals surface area contributed by atoms with Crippen molar-refractivity contribution in [1.82, 2.24) is 14.5 Å². The number of nitrogens with zero attached hydrogens (tertiary/aromatic N) is 3. The number of carbonyl (C=O) groups excluding carboxylic acids is 1. The van der Waals surface area contributed by atoms with Crippen LogP contribution in [0.2, 0.25) is 0 Å². The first kappa shape index (κ1) is 17.7. The Balaban J connectivity index is 1.75. The molecule has 2 aromatic heterocycles. The number of hydrogen-bond acceptors (Lipinski definition) is 4. The molecule has 1 amide bonds. The SMILES string of the molecule is CCn1cnc2sc(C(=O)N3CC4(C)CC3CC(C)(C)C4)c(C)c2c1=O. The lowest BCUT2D eigenvalue weighted by Crippen LogP contribution is -2.37. The molecule has 2 aliphatic rings. The van der Waals surface area contributed by atoms with Crippen LogP contribution in [0, 0.1) is 17.8 Å². The van der Waals surface area contributed by atoms with Crippen LogP contribution in [0.3, 0.4) is 0 Å². The molecular formula is C20H27N3O2S. The van der Waals surface area contributed by atoms with Crippen LogP contribution in [0.5, 0.6) is 0 Å². The molecule has 3 heterocycles. The molecule has 2 bridgehead atoms. The minimum Gasteiger partial charge on any atom is -0.334 e. The molecule has 1 saturated heterocycles. The van der Waals surface area contributed by atoms with Gasteiger partial charge in [0.1, 0.15) is 4.83 Å². The molecule has 5 nitrogen and oxygen atoms in total. The average Bonchev–Trinajstić information content (AvgIpc) is 3.00. The fourth-order valence-corrected chi connectivity index (χ4v) is 6.51. The van der Waals surface area contributed by atoms with E-state index in [4.69, 9.17) is 0 Å². The van der Waals surface area contributed by atoms with Gasteiger partial charge >= 0.3 is 0 Å². The molecule has 1 saturated carbocycles. The van der Waals surface area contributed by atoms with Crippen LogP contribution in [0.1, 0.15) is 62.2 Å². The van der Waals surface area contributed by atoms with Gasteiger partial charge < -0.3 is 4.90 Å². The summed E-state index contributed by atoms with van der Waals surface area (Å²) in [5.41, 5.74) is 1.23. The lowest BCUT2D eigenvalue weighted by atomic mass is 9.65. The lowest BCUT2D eigenvalue weighted by Gasteiger charge is -2.39. The van der Waals surface area contributed by atoms with E-state index >= 15 is 0 Å². The van der Waals surface area contributed by atoms with Crippen molar-refractivity contribution < 1.29 is 4.79 Å². The Morgan fingerprint density at radius 2 is 2.08 bits per heavy atom. The van der Waals surface area contributed by atoms with E-state index in [2.05, 4.69) is 30.7 Å². The molecule has 0 N–H and O–H groups in total. The van der Waals surface area contributed by atoms with Crippen molar-refractivity contribution in [1.29, 1.82) is 0 Å². The van der Waals surface area contributed by atoms with Gasteiger partial charge in [-0.2, -0.15) is 0 Å². The predicted molar refractivity (Wildman–Crippen MR) is 105 cm³/mol. The van der Waals surface area contributed by atoms with Crippen molar-refractivity contribution in [2.24, 2.45) is 10.8 Å². The summed E-state index contributed by atoms with van der Waals surface area (Å²) >= 11 is 1.37. The Hall–Kier alpha value is -1.69. The number of thiophene rings is 1. The molecule has 1 aliphatic carbocycles. The highest BCUT2D eigenvalue weighted by Crippen LogP contribution is 2.53. The third kappa shape index (κ3) is 2.61. The van der Waals surface area contributed by atoms with E-state index < -0.39 is 0 Å². The van der Waals surface area contributed by atoms with E-state index in [9.17, 15) is 9.59 Å². The van der Waals surface area contributed by atoms with Gasteiger partial charge in [-0.05, 0) is 49.5 Å². The van der Waals surface area contributed by atoms with Crippen molar-refractivity contribution in [3.05, 3.63) is 27.1 Å². The van der Waals surface area contributed by atoms with Gasteiger partial charge in [0.05, 0.1) is 16.6 Å². The normalized spacial score (nSPS) is 27.3. The predicted octanol–water partition coefficient (Wildman–Crippen LogP) is 3.83. The first-order chi connectivity index (χ1) is 12.1. The van der Waals surface area contributed by atoms with Crippen LogP contribution in [0.15, 0.2) is 11.1 Å². The highest BCUT2D eigenvalue weighted by Gasteiger charge is 2.51. The molecule has 0 spiro atoms. The highest BCUT2D eigenvalue weighted by molar-refractivity contribution is 7.20. The van der Waals surface area contributed by atoms with Gasteiger partial charge in [0.2, 0.25) is 0 Å². The van der Waals surface area contributed by atoms with E-state index in [1.54, 1.807) is 10.9 Å². The largest absolute Gasteiger partial charge is 0.334 e. The van der Waals surface area contributed by atoms with Gasteiger partial charge in [-0.25, -0.2) is 4.98 Å². The van der Waals surface area contributed by atoms with E-state index in [1.807, 2.05) is 13.8 Å². The molecular weight excluding hydrogens is 346 g/mol. The third-order valence-electron chi connectivity index (χ3n) is 6.13. The second-order valence-electron chi connectivity index (χ2n) is 9.22. The molecule has 140 valence electrons. The Morgan fingerprint density at radius 1 is 1.35 bits per heavy atom. The number of amides is 1. The highest BCUT2D eigenvalue weighted by atomic mass is 32.1. The first-order valence-corrected chi connectivity index (χ1v) is 10.3. The van der Waals surface area contributed by atoms with Gasteiger partial charge in [-0.15, -0.1) is 11.3 Å². The Morgan fingerprint density at radius 3 is 2.77 bits per heavy atom. The van der Waals surface area contributed by atoms with E-state index in [1.165, 1.54) is 11.3 Å². The zero-order valence-corrected chi connectivity index (χ0v) is 17.1. The Labute approximate surface area is 158 Å². The summed E-state index contributed by atoms with van der Waals surface area (Å²) in [6, 6.07) is 0.307. The van der Waals surface area contributed by atoms with Crippen molar-refractivity contribution in [2.45, 2.75) is 66.5 Å². The minimum absolute atomic E-state index is 0.0430. The topological polar surface area (TPSA) is 55.2 Å². The van der Waals surface area contributed by atoms with Crippen LogP contribution < -0.4 is 5.56 Å². The molecule has 0 radical (unpaired) electrons. The van der Waals surface area contributed by atoms with Gasteiger partial charge in [0.15, 0.2) is 0 Å². The lowest BCUT2D eigenvalue weighted by molar-refractivity contribution is 0.0712. The van der Waals surface area contributed by atoms with Crippen LogP contribution in [0.25, 0.3) is 10.2 Å². The van der Waals surface area contributed by atoms with Crippen LogP contribution >= 0.6 is 11.3 Å². The molecule has 6 heteroatoms. The number of rotatable bonds is 2. The summed E-state index contributed by atoms with van der Waals surface area (Å²) < 4.78 is 1.60. The standard InChI is InChI=1S/C20H27N3O2S/c1-6-22-11-21-16-14(17(22)24)12(2)15(26-16)18(25)23-10-20(5)8-13(23)7-19(3,4)9-20/h11,13H,6-10H2,1-5H3. The van der Waals surface area contributed by atoms with Crippen molar-refractivity contribution >= 4 is 27.5 Å². The second kappa shape index (κ2) is 5.65. The zero-order valence-electron chi connectivity index (χ0n) is 16.3. The van der Waals surface area contributed by atoms with E-state index in [0.717, 1.165) is 31.4 Å². The summed E-state index contributed by atoms with van der Waals surface area (Å²) in [5, 5.41) is 0.608. The summed E-state index contributed by atoms with van der Waals surface area (Å²) in [5.74, 6) is 0.0828. The molecule has 2 fully saturated rings. The number of fused-ring (bicyclic) bond motifs is 3. The van der Waals surface area contributed by atoms with Crippen molar-refractivity contribution in [2.75, 3.05) is 6.54 Å². The van der Waals surface area contributed by atoms with Gasteiger partial charge in [-0.3, -0.25) is 14.2 Å². The average molecular weight is 374 g/mol. The van der Waals surface area contributed by atoms with Crippen LogP contribution in [0.4, 0.5) is 0 Å². The number of likely N-dealkylation sites (tertiary alicyclic amines) is 1. The summed E-state index contributed by atoms with van der Waals surface area (Å²) in [4.78, 5) is 33.9. The second-order valence-corrected chi connectivity index (χ2v) is 10.2. The molecule has 4 rings (SSSR count). The van der Waals surface area contributed by atoms with E-state index in [0.29, 0.717) is 27.7 Å². The minimum atomic E-state index is -0.0430. The van der Waals surface area contributed by atoms with Crippen LogP contribution in [-0.2, 0) is 6.54 Å². The fraction of sp³-hybridized carbons (Fsp3) is 0.650. The third-order valence-corrected chi connectivity index (χ3v) is 7.32. The summed E-state index contributed by atoms with van der Waals surface area (Å²) in [7, 11) is 0. The van der Waals surface area contributed by atoms with Gasteiger partial charge in [0.25, 0.3) is 11.5 Å². The number of aryl methyl sites for hydroxylation is 2. The van der Waals surface area contributed by atoms with Gasteiger partial charge in [0, 0.05) is 19.1 Å². The van der Waals surface area contributed by atoms with Crippen LogP contribution in [-0.4, -0.2) is 32.9 Å². The number of carbonyl (C=O) groups is 1. The van der Waals surface area contributed by atoms with E-state index in [-0.39, 0.29) is 22.3 Å². The molecule has 1 aliphatic heterocycles. The number of hydrogen-bond donors (Lipinski definition) is 0. The summed E-state index contributed by atoms with van der Waals surface area (Å²) in [6.45, 7) is 12.2. The monoisotopic (exact) mass is 373 g/mol. The Bertz CT molecular complexity index is 958.